The summed E-state index contributed by atoms with van der Waals surface area (Å²) in [5, 5.41) is 8.60. The van der Waals surface area contributed by atoms with Crippen LogP contribution in [-0.2, 0) is 4.79 Å². The number of allylic oxidation sites excluding steroid dienone is 1. The van der Waals surface area contributed by atoms with Crippen LogP contribution < -0.4 is 0 Å². The van der Waals surface area contributed by atoms with Crippen LogP contribution in [0, 0.1) is 0 Å². The Morgan fingerprint density at radius 3 is 2.71 bits per heavy atom. The Morgan fingerprint density at radius 1 is 1.36 bits per heavy atom. The second-order valence-corrected chi connectivity index (χ2v) is 2.39. The molecule has 0 aromatic rings. The first-order chi connectivity index (χ1) is 5.77. The molecule has 1 N–H and O–H groups in total. The summed E-state index contributed by atoms with van der Waals surface area (Å²) in [5.41, 5.74) is 1.46. The van der Waals surface area contributed by atoms with Crippen LogP contribution in [-0.4, -0.2) is 28.8 Å². The van der Waals surface area contributed by atoms with Crippen molar-refractivity contribution in [3.8, 4) is 0 Å². The first-order valence-electron chi connectivity index (χ1n) is 3.37. The van der Waals surface area contributed by atoms with Crippen molar-refractivity contribution in [1.29, 1.82) is 0 Å². The summed E-state index contributed by atoms with van der Waals surface area (Å²) >= 11 is 0. The number of rotatable bonds is 1. The van der Waals surface area contributed by atoms with Gasteiger partial charge in [-0.3, -0.25) is 4.99 Å². The minimum atomic E-state index is -1.00. The standard InChI is InChI=1S/C7H5N3O2.2ClH/c11-7(12)5-1-4-6(2-8-5)10-3-9-4;;/h2-3H,1H2,(H,11,12);2*1H. The van der Waals surface area contributed by atoms with Crippen molar-refractivity contribution in [3.63, 3.8) is 0 Å². The van der Waals surface area contributed by atoms with Gasteiger partial charge >= 0.3 is 5.97 Å². The summed E-state index contributed by atoms with van der Waals surface area (Å²) in [7, 11) is 0. The van der Waals surface area contributed by atoms with Crippen molar-refractivity contribution in [3.05, 3.63) is 11.9 Å². The molecule has 0 fully saturated rings. The van der Waals surface area contributed by atoms with Crippen LogP contribution in [0.25, 0.3) is 0 Å². The van der Waals surface area contributed by atoms with Gasteiger partial charge in [-0.25, -0.2) is 14.8 Å². The van der Waals surface area contributed by atoms with Crippen molar-refractivity contribution < 1.29 is 9.90 Å². The highest BCUT2D eigenvalue weighted by molar-refractivity contribution is 6.41. The fourth-order valence-corrected chi connectivity index (χ4v) is 1.02. The first kappa shape index (κ1) is 12.8. The lowest BCUT2D eigenvalue weighted by atomic mass is 10.1. The summed E-state index contributed by atoms with van der Waals surface area (Å²) in [6, 6.07) is 0. The molecule has 0 aromatic heterocycles. The van der Waals surface area contributed by atoms with Gasteiger partial charge in [0.25, 0.3) is 0 Å². The minimum absolute atomic E-state index is 0. The molecule has 2 heterocycles. The zero-order valence-electron chi connectivity index (χ0n) is 6.88. The molecule has 0 amide bonds. The van der Waals surface area contributed by atoms with Crippen LogP contribution in [0.15, 0.2) is 26.9 Å². The predicted octanol–water partition coefficient (Wildman–Crippen LogP) is 1.08. The molecule has 0 radical (unpaired) electrons. The number of carboxylic acids is 1. The zero-order chi connectivity index (χ0) is 8.55. The third-order valence-electron chi connectivity index (χ3n) is 1.63. The van der Waals surface area contributed by atoms with E-state index in [4.69, 9.17) is 5.11 Å². The third-order valence-corrected chi connectivity index (χ3v) is 1.63. The van der Waals surface area contributed by atoms with Gasteiger partial charge in [-0.1, -0.05) is 0 Å². The Morgan fingerprint density at radius 2 is 2.07 bits per heavy atom. The van der Waals surface area contributed by atoms with Crippen LogP contribution in [0.4, 0.5) is 0 Å². The number of carboxylic acid groups (broad SMARTS) is 1. The molecule has 0 unspecified atom stereocenters. The van der Waals surface area contributed by atoms with E-state index in [1.165, 1.54) is 12.5 Å². The molecular formula is C7H7Cl2N3O2. The molecule has 2 rings (SSSR count). The molecule has 0 aromatic carbocycles. The van der Waals surface area contributed by atoms with Gasteiger partial charge in [0, 0.05) is 6.42 Å². The second kappa shape index (κ2) is 4.88. The maximum absolute atomic E-state index is 10.5. The molecule has 0 atom stereocenters. The maximum Gasteiger partial charge on any atom is 0.350 e. The van der Waals surface area contributed by atoms with Gasteiger partial charge in [0.15, 0.2) is 0 Å². The third kappa shape index (κ3) is 2.18. The number of fused-ring (bicyclic) bond motifs is 1. The number of hydrogen-bond donors (Lipinski definition) is 1. The van der Waals surface area contributed by atoms with Crippen LogP contribution in [0.2, 0.25) is 0 Å². The Labute approximate surface area is 92.2 Å². The molecular weight excluding hydrogens is 229 g/mol. The van der Waals surface area contributed by atoms with E-state index in [1.807, 2.05) is 0 Å². The highest BCUT2D eigenvalue weighted by atomic mass is 35.5. The Balaban J connectivity index is 0.000000845. The lowest BCUT2D eigenvalue weighted by Gasteiger charge is -2.05. The van der Waals surface area contributed by atoms with E-state index in [0.29, 0.717) is 11.4 Å². The number of hydrogen-bond acceptors (Lipinski definition) is 4. The van der Waals surface area contributed by atoms with Crippen molar-refractivity contribution in [1.82, 2.24) is 0 Å². The number of aliphatic carboxylic acids is 1. The molecule has 0 saturated carbocycles. The summed E-state index contributed by atoms with van der Waals surface area (Å²) in [4.78, 5) is 22.0. The fraction of sp³-hybridized carbons (Fsp3) is 0.143. The van der Waals surface area contributed by atoms with Crippen molar-refractivity contribution in [2.45, 2.75) is 6.42 Å². The summed E-state index contributed by atoms with van der Waals surface area (Å²) < 4.78 is 0. The second-order valence-electron chi connectivity index (χ2n) is 2.39. The van der Waals surface area contributed by atoms with Gasteiger partial charge in [-0.05, 0) is 0 Å². The fourth-order valence-electron chi connectivity index (χ4n) is 1.02. The highest BCUT2D eigenvalue weighted by Crippen LogP contribution is 2.14. The summed E-state index contributed by atoms with van der Waals surface area (Å²) in [6.45, 7) is 0. The van der Waals surface area contributed by atoms with E-state index < -0.39 is 5.97 Å². The SMILES string of the molecule is Cl.Cl.O=C(O)C1=NC=C2N=CN=C2C1. The van der Waals surface area contributed by atoms with Crippen LogP contribution in [0.1, 0.15) is 6.42 Å². The Kier molecular flexibility index (Phi) is 4.46. The van der Waals surface area contributed by atoms with Crippen LogP contribution in [0.3, 0.4) is 0 Å². The predicted molar refractivity (Wildman–Crippen MR) is 58.2 cm³/mol. The Hall–Kier alpha value is -1.20. The number of halogens is 2. The molecule has 2 aliphatic heterocycles. The highest BCUT2D eigenvalue weighted by Gasteiger charge is 2.21. The smallest absolute Gasteiger partial charge is 0.350 e. The molecule has 2 aliphatic rings. The quantitative estimate of drug-likeness (QED) is 0.739. The maximum atomic E-state index is 10.5. The number of carbonyl (C=O) groups is 1. The van der Waals surface area contributed by atoms with Gasteiger partial charge in [0.05, 0.1) is 11.9 Å². The Bertz CT molecular complexity index is 371. The van der Waals surface area contributed by atoms with E-state index in [0.717, 1.165) is 0 Å². The van der Waals surface area contributed by atoms with Gasteiger partial charge in [-0.15, -0.1) is 24.8 Å². The molecule has 76 valence electrons. The molecule has 5 nitrogen and oxygen atoms in total. The average molecular weight is 236 g/mol. The first-order valence-corrected chi connectivity index (χ1v) is 3.37. The van der Waals surface area contributed by atoms with Gasteiger partial charge in [-0.2, -0.15) is 0 Å². The summed E-state index contributed by atoms with van der Waals surface area (Å²) in [6.07, 6.45) is 3.10. The van der Waals surface area contributed by atoms with E-state index in [2.05, 4.69) is 15.0 Å². The van der Waals surface area contributed by atoms with Crippen LogP contribution >= 0.6 is 24.8 Å². The molecule has 0 saturated heterocycles. The lowest BCUT2D eigenvalue weighted by Crippen LogP contribution is -2.20. The topological polar surface area (TPSA) is 74.4 Å². The van der Waals surface area contributed by atoms with E-state index in [9.17, 15) is 4.79 Å². The van der Waals surface area contributed by atoms with Crippen molar-refractivity contribution in [2.75, 3.05) is 0 Å². The largest absolute Gasteiger partial charge is 0.477 e. The van der Waals surface area contributed by atoms with Crippen molar-refractivity contribution in [2.24, 2.45) is 15.0 Å². The van der Waals surface area contributed by atoms with Crippen LogP contribution in [0.5, 0.6) is 0 Å². The van der Waals surface area contributed by atoms with E-state index in [1.54, 1.807) is 0 Å². The van der Waals surface area contributed by atoms with Gasteiger partial charge in [0.1, 0.15) is 17.7 Å². The van der Waals surface area contributed by atoms with E-state index in [-0.39, 0.29) is 36.9 Å². The minimum Gasteiger partial charge on any atom is -0.477 e. The molecule has 0 bridgehead atoms. The summed E-state index contributed by atoms with van der Waals surface area (Å²) in [5.74, 6) is -1.00. The lowest BCUT2D eigenvalue weighted by molar-refractivity contribution is -0.129. The number of aliphatic imine (C=N–C) groups is 3. The molecule has 7 heteroatoms. The molecule has 0 aliphatic carbocycles. The molecule has 14 heavy (non-hydrogen) atoms. The van der Waals surface area contributed by atoms with Gasteiger partial charge < -0.3 is 5.11 Å². The average Bonchev–Trinajstić information content (AvgIpc) is 2.49. The normalized spacial score (nSPS) is 16.7. The molecule has 0 spiro atoms. The van der Waals surface area contributed by atoms with Gasteiger partial charge in [0.2, 0.25) is 0 Å². The number of nitrogens with zero attached hydrogens (tertiary/aromatic N) is 3. The monoisotopic (exact) mass is 235 g/mol. The zero-order valence-corrected chi connectivity index (χ0v) is 8.51. The van der Waals surface area contributed by atoms with E-state index >= 15 is 0 Å². The van der Waals surface area contributed by atoms with Crippen molar-refractivity contribution >= 4 is 48.5 Å².